The van der Waals surface area contributed by atoms with Gasteiger partial charge in [-0.25, -0.2) is 4.39 Å². The van der Waals surface area contributed by atoms with Crippen molar-refractivity contribution in [2.24, 2.45) is 0 Å². The molecule has 0 aliphatic heterocycles. The molecule has 2 aromatic rings. The molecule has 2 aromatic carbocycles. The molecular weight excluding hydrogens is 312 g/mol. The Morgan fingerprint density at radius 2 is 1.90 bits per heavy atom. The van der Waals surface area contributed by atoms with Gasteiger partial charge in [-0.3, -0.25) is 0 Å². The van der Waals surface area contributed by atoms with Crippen LogP contribution < -0.4 is 10.1 Å². The molecule has 112 valence electrons. The van der Waals surface area contributed by atoms with E-state index in [0.29, 0.717) is 16.6 Å². The first-order chi connectivity index (χ1) is 10.1. The van der Waals surface area contributed by atoms with Gasteiger partial charge in [0.15, 0.2) is 0 Å². The summed E-state index contributed by atoms with van der Waals surface area (Å²) in [5, 5.41) is 4.26. The molecule has 0 fully saturated rings. The second-order valence-corrected chi connectivity index (χ2v) is 5.40. The van der Waals surface area contributed by atoms with Gasteiger partial charge >= 0.3 is 0 Å². The summed E-state index contributed by atoms with van der Waals surface area (Å²) in [6.45, 7) is 3.84. The summed E-state index contributed by atoms with van der Waals surface area (Å²) in [6.07, 6.45) is 0. The van der Waals surface area contributed by atoms with E-state index in [9.17, 15) is 4.39 Å². The quantitative estimate of drug-likeness (QED) is 0.821. The van der Waals surface area contributed by atoms with E-state index in [1.807, 2.05) is 19.1 Å². The van der Waals surface area contributed by atoms with Crippen LogP contribution in [-0.2, 0) is 13.2 Å². The Morgan fingerprint density at radius 1 is 1.10 bits per heavy atom. The number of nitrogens with one attached hydrogen (secondary N) is 1. The maximum absolute atomic E-state index is 13.0. The van der Waals surface area contributed by atoms with Crippen LogP contribution in [0.4, 0.5) is 4.39 Å². The predicted molar refractivity (Wildman–Crippen MR) is 84.6 cm³/mol. The third-order valence-electron chi connectivity index (χ3n) is 2.99. The Bertz CT molecular complexity index is 619. The summed E-state index contributed by atoms with van der Waals surface area (Å²) < 4.78 is 18.8. The molecule has 5 heteroatoms. The topological polar surface area (TPSA) is 21.3 Å². The summed E-state index contributed by atoms with van der Waals surface area (Å²) in [6, 6.07) is 9.74. The van der Waals surface area contributed by atoms with Crippen molar-refractivity contribution >= 4 is 23.2 Å². The van der Waals surface area contributed by atoms with Crippen LogP contribution in [0.2, 0.25) is 10.0 Å². The molecule has 0 bridgehead atoms. The molecule has 0 aromatic heterocycles. The lowest BCUT2D eigenvalue weighted by Gasteiger charge is -2.13. The summed E-state index contributed by atoms with van der Waals surface area (Å²) in [5.41, 5.74) is 1.71. The minimum Gasteiger partial charge on any atom is -0.489 e. The Balaban J connectivity index is 2.11. The van der Waals surface area contributed by atoms with Gasteiger partial charge < -0.3 is 10.1 Å². The minimum atomic E-state index is -0.358. The van der Waals surface area contributed by atoms with E-state index in [2.05, 4.69) is 5.32 Å². The first-order valence-corrected chi connectivity index (χ1v) is 7.41. The molecular formula is C16H16Cl2FNO. The van der Waals surface area contributed by atoms with Gasteiger partial charge in [0.1, 0.15) is 18.2 Å². The summed E-state index contributed by atoms with van der Waals surface area (Å²) >= 11 is 12.0. The normalized spacial score (nSPS) is 10.7. The van der Waals surface area contributed by atoms with Gasteiger partial charge in [0.2, 0.25) is 0 Å². The van der Waals surface area contributed by atoms with Gasteiger partial charge in [-0.05, 0) is 36.9 Å². The highest BCUT2D eigenvalue weighted by molar-refractivity contribution is 6.31. The summed E-state index contributed by atoms with van der Waals surface area (Å²) in [7, 11) is 0. The van der Waals surface area contributed by atoms with Crippen molar-refractivity contribution in [2.75, 3.05) is 6.54 Å². The lowest BCUT2D eigenvalue weighted by Crippen LogP contribution is -2.13. The number of benzene rings is 2. The van der Waals surface area contributed by atoms with Gasteiger partial charge in [-0.2, -0.15) is 0 Å². The molecule has 0 heterocycles. The summed E-state index contributed by atoms with van der Waals surface area (Å²) in [5.74, 6) is 0.379. The van der Waals surface area contributed by atoms with Gasteiger partial charge in [0, 0.05) is 22.7 Å². The van der Waals surface area contributed by atoms with Crippen molar-refractivity contribution in [2.45, 2.75) is 20.1 Å². The third kappa shape index (κ3) is 4.60. The first kappa shape index (κ1) is 16.1. The maximum atomic E-state index is 13.0. The van der Waals surface area contributed by atoms with Gasteiger partial charge in [-0.1, -0.05) is 36.2 Å². The Labute approximate surface area is 133 Å². The molecule has 0 radical (unpaired) electrons. The minimum absolute atomic E-state index is 0.278. The lowest BCUT2D eigenvalue weighted by molar-refractivity contribution is 0.302. The zero-order valence-corrected chi connectivity index (χ0v) is 13.1. The number of rotatable bonds is 6. The zero-order valence-electron chi connectivity index (χ0n) is 11.6. The standard InChI is InChI=1S/C16H16Cl2FNO/c1-2-20-9-12-7-13(17)4-6-16(12)21-10-11-3-5-14(19)8-15(11)18/h3-8,20H,2,9-10H2,1H3. The molecule has 0 spiro atoms. The van der Waals surface area contributed by atoms with Crippen molar-refractivity contribution in [3.8, 4) is 5.75 Å². The van der Waals surface area contributed by atoms with Crippen molar-refractivity contribution in [1.82, 2.24) is 5.32 Å². The van der Waals surface area contributed by atoms with Crippen molar-refractivity contribution < 1.29 is 9.13 Å². The van der Waals surface area contributed by atoms with Crippen LogP contribution in [0.15, 0.2) is 36.4 Å². The Kier molecular flexibility index (Phi) is 5.85. The lowest BCUT2D eigenvalue weighted by atomic mass is 10.2. The van der Waals surface area contributed by atoms with E-state index in [0.717, 1.165) is 23.4 Å². The fourth-order valence-corrected chi connectivity index (χ4v) is 2.30. The van der Waals surface area contributed by atoms with Crippen LogP contribution in [0, 0.1) is 5.82 Å². The molecule has 1 N–H and O–H groups in total. The molecule has 21 heavy (non-hydrogen) atoms. The van der Waals surface area contributed by atoms with Crippen LogP contribution in [0.5, 0.6) is 5.75 Å². The average Bonchev–Trinajstić information content (AvgIpc) is 2.45. The molecule has 0 amide bonds. The van der Waals surface area contributed by atoms with Crippen LogP contribution in [0.25, 0.3) is 0 Å². The highest BCUT2D eigenvalue weighted by Gasteiger charge is 2.07. The fraction of sp³-hybridized carbons (Fsp3) is 0.250. The van der Waals surface area contributed by atoms with Gasteiger partial charge in [-0.15, -0.1) is 0 Å². The van der Waals surface area contributed by atoms with Crippen molar-refractivity contribution in [3.05, 3.63) is 63.4 Å². The molecule has 0 saturated heterocycles. The average molecular weight is 328 g/mol. The number of hydrogen-bond acceptors (Lipinski definition) is 2. The van der Waals surface area contributed by atoms with Crippen LogP contribution in [0.1, 0.15) is 18.1 Å². The highest BCUT2D eigenvalue weighted by atomic mass is 35.5. The molecule has 2 rings (SSSR count). The van der Waals surface area contributed by atoms with Crippen molar-refractivity contribution in [1.29, 1.82) is 0 Å². The zero-order chi connectivity index (χ0) is 15.2. The second-order valence-electron chi connectivity index (χ2n) is 4.56. The van der Waals surface area contributed by atoms with Crippen LogP contribution in [0.3, 0.4) is 0 Å². The first-order valence-electron chi connectivity index (χ1n) is 6.66. The Morgan fingerprint density at radius 3 is 2.62 bits per heavy atom. The maximum Gasteiger partial charge on any atom is 0.124 e. The molecule has 0 aliphatic rings. The van der Waals surface area contributed by atoms with E-state index in [-0.39, 0.29) is 12.4 Å². The molecule has 0 atom stereocenters. The SMILES string of the molecule is CCNCc1cc(Cl)ccc1OCc1ccc(F)cc1Cl. The van der Waals surface area contributed by atoms with Gasteiger partial charge in [0.05, 0.1) is 5.02 Å². The van der Waals surface area contributed by atoms with E-state index in [4.69, 9.17) is 27.9 Å². The monoisotopic (exact) mass is 327 g/mol. The number of halogens is 3. The number of ether oxygens (including phenoxy) is 1. The smallest absolute Gasteiger partial charge is 0.124 e. The van der Waals surface area contributed by atoms with E-state index in [1.54, 1.807) is 12.1 Å². The van der Waals surface area contributed by atoms with E-state index in [1.165, 1.54) is 12.1 Å². The van der Waals surface area contributed by atoms with Crippen molar-refractivity contribution in [3.63, 3.8) is 0 Å². The van der Waals surface area contributed by atoms with Gasteiger partial charge in [0.25, 0.3) is 0 Å². The van der Waals surface area contributed by atoms with Crippen LogP contribution >= 0.6 is 23.2 Å². The molecule has 2 nitrogen and oxygen atoms in total. The largest absolute Gasteiger partial charge is 0.489 e. The third-order valence-corrected chi connectivity index (χ3v) is 3.57. The fourth-order valence-electron chi connectivity index (χ4n) is 1.88. The molecule has 0 saturated carbocycles. The van der Waals surface area contributed by atoms with Crippen LogP contribution in [-0.4, -0.2) is 6.54 Å². The Hall–Kier alpha value is -1.29. The summed E-state index contributed by atoms with van der Waals surface area (Å²) in [4.78, 5) is 0. The number of hydrogen-bond donors (Lipinski definition) is 1. The van der Waals surface area contributed by atoms with E-state index >= 15 is 0 Å². The highest BCUT2D eigenvalue weighted by Crippen LogP contribution is 2.25. The predicted octanol–water partition coefficient (Wildman–Crippen LogP) is 4.82. The second kappa shape index (κ2) is 7.64. The van der Waals surface area contributed by atoms with E-state index < -0.39 is 0 Å². The molecule has 0 unspecified atom stereocenters. The molecule has 0 aliphatic carbocycles.